The molecule has 0 aromatic carbocycles. The molecule has 1 unspecified atom stereocenters. The molecule has 4 heterocycles. The molecule has 3 fully saturated rings. The van der Waals surface area contributed by atoms with Gasteiger partial charge in [-0.1, -0.05) is 18.2 Å². The summed E-state index contributed by atoms with van der Waals surface area (Å²) in [4.78, 5) is 19.1. The van der Waals surface area contributed by atoms with E-state index < -0.39 is 6.61 Å². The fourth-order valence-corrected chi connectivity index (χ4v) is 6.79. The van der Waals surface area contributed by atoms with E-state index in [0.717, 1.165) is 88.1 Å². The zero-order valence-electron chi connectivity index (χ0n) is 24.1. The number of rotatable bonds is 9. The van der Waals surface area contributed by atoms with Gasteiger partial charge in [0.05, 0.1) is 23.4 Å². The quantitative estimate of drug-likeness (QED) is 0.445. The van der Waals surface area contributed by atoms with Gasteiger partial charge >= 0.3 is 6.61 Å². The Hall–Kier alpha value is -2.82. The van der Waals surface area contributed by atoms with Crippen LogP contribution in [0.3, 0.4) is 0 Å². The van der Waals surface area contributed by atoms with Gasteiger partial charge in [-0.25, -0.2) is 4.52 Å². The van der Waals surface area contributed by atoms with Crippen LogP contribution in [0.25, 0.3) is 11.1 Å². The maximum absolute atomic E-state index is 12.5. The van der Waals surface area contributed by atoms with Gasteiger partial charge in [0.2, 0.25) is 5.91 Å². The van der Waals surface area contributed by atoms with Gasteiger partial charge in [0.15, 0.2) is 0 Å². The van der Waals surface area contributed by atoms with Crippen LogP contribution in [0, 0.1) is 11.8 Å². The number of allylic oxidation sites excluding steroid dienone is 3. The van der Waals surface area contributed by atoms with Crippen LogP contribution in [-0.4, -0.2) is 96.6 Å². The highest BCUT2D eigenvalue weighted by atomic mass is 19.3. The predicted molar refractivity (Wildman–Crippen MR) is 154 cm³/mol. The number of ether oxygens (including phenoxy) is 2. The summed E-state index contributed by atoms with van der Waals surface area (Å²) in [6.07, 6.45) is 15.4. The SMILES string of the molecule is COC1(C2C=CC(c3cc4c(N5CCN(C(=O)C6CC6)CC5)ccnn4c3)=CC2)CCN([C@H](C)COC(F)F)CC1. The smallest absolute Gasteiger partial charge is 0.345 e. The van der Waals surface area contributed by atoms with Gasteiger partial charge in [-0.15, -0.1) is 0 Å². The highest BCUT2D eigenvalue weighted by Gasteiger charge is 2.41. The molecule has 0 spiro atoms. The Labute approximate surface area is 240 Å². The highest BCUT2D eigenvalue weighted by molar-refractivity contribution is 5.83. The number of nitrogens with zero attached hydrogens (tertiary/aromatic N) is 5. The molecule has 10 heteroatoms. The van der Waals surface area contributed by atoms with Crippen LogP contribution in [0.2, 0.25) is 0 Å². The predicted octanol–water partition coefficient (Wildman–Crippen LogP) is 4.46. The van der Waals surface area contributed by atoms with Crippen LogP contribution < -0.4 is 4.90 Å². The summed E-state index contributed by atoms with van der Waals surface area (Å²) >= 11 is 0. The number of carbonyl (C=O) groups excluding carboxylic acids is 1. The normalized spacial score (nSPS) is 24.2. The van der Waals surface area contributed by atoms with Gasteiger partial charge in [-0.3, -0.25) is 9.69 Å². The molecule has 2 atom stereocenters. The zero-order valence-corrected chi connectivity index (χ0v) is 24.1. The summed E-state index contributed by atoms with van der Waals surface area (Å²) in [5, 5.41) is 4.58. The van der Waals surface area contributed by atoms with Crippen molar-refractivity contribution < 1.29 is 23.0 Å². The average Bonchev–Trinajstić information content (AvgIpc) is 3.77. The van der Waals surface area contributed by atoms with E-state index in [9.17, 15) is 13.6 Å². The number of halogens is 2. The number of aromatic nitrogens is 2. The summed E-state index contributed by atoms with van der Waals surface area (Å²) in [7, 11) is 1.79. The van der Waals surface area contributed by atoms with Crippen LogP contribution in [0.1, 0.15) is 44.6 Å². The van der Waals surface area contributed by atoms with Crippen molar-refractivity contribution in [1.82, 2.24) is 19.4 Å². The van der Waals surface area contributed by atoms with E-state index in [4.69, 9.17) is 4.74 Å². The Morgan fingerprint density at radius 2 is 1.90 bits per heavy atom. The molecule has 2 saturated heterocycles. The second-order valence-electron chi connectivity index (χ2n) is 12.0. The minimum Gasteiger partial charge on any atom is -0.378 e. The molecule has 6 rings (SSSR count). The van der Waals surface area contributed by atoms with Crippen molar-refractivity contribution >= 4 is 22.7 Å². The lowest BCUT2D eigenvalue weighted by Crippen LogP contribution is -2.52. The minimum absolute atomic E-state index is 0.0337. The molecule has 2 aliphatic carbocycles. The van der Waals surface area contributed by atoms with Gasteiger partial charge in [0.1, 0.15) is 0 Å². The van der Waals surface area contributed by atoms with Crippen molar-refractivity contribution in [3.63, 3.8) is 0 Å². The van der Waals surface area contributed by atoms with Crippen molar-refractivity contribution in [2.75, 3.05) is 57.9 Å². The summed E-state index contributed by atoms with van der Waals surface area (Å²) in [6, 6.07) is 4.24. The molecule has 4 aliphatic rings. The number of piperidine rings is 1. The number of piperazine rings is 1. The first-order valence-electron chi connectivity index (χ1n) is 15.0. The number of hydrogen-bond acceptors (Lipinski definition) is 6. The molecule has 222 valence electrons. The molecule has 1 saturated carbocycles. The van der Waals surface area contributed by atoms with E-state index in [-0.39, 0.29) is 30.1 Å². The van der Waals surface area contributed by atoms with Gasteiger partial charge in [0, 0.05) is 82.2 Å². The van der Waals surface area contributed by atoms with Crippen LogP contribution in [-0.2, 0) is 14.3 Å². The molecule has 2 aromatic rings. The summed E-state index contributed by atoms with van der Waals surface area (Å²) in [5.41, 5.74) is 4.28. The second-order valence-corrected chi connectivity index (χ2v) is 12.0. The highest BCUT2D eigenvalue weighted by Crippen LogP contribution is 2.40. The van der Waals surface area contributed by atoms with E-state index in [0.29, 0.717) is 5.91 Å². The fourth-order valence-electron chi connectivity index (χ4n) is 6.79. The number of anilines is 1. The van der Waals surface area contributed by atoms with Crippen molar-refractivity contribution in [2.24, 2.45) is 11.8 Å². The first-order valence-corrected chi connectivity index (χ1v) is 15.0. The number of hydrogen-bond donors (Lipinski definition) is 0. The van der Waals surface area contributed by atoms with Crippen molar-refractivity contribution in [3.05, 3.63) is 48.3 Å². The molecule has 0 radical (unpaired) electrons. The maximum Gasteiger partial charge on any atom is 0.345 e. The van der Waals surface area contributed by atoms with Crippen LogP contribution in [0.4, 0.5) is 14.5 Å². The fraction of sp³-hybridized carbons (Fsp3) is 0.613. The number of fused-ring (bicyclic) bond motifs is 1. The zero-order chi connectivity index (χ0) is 28.6. The summed E-state index contributed by atoms with van der Waals surface area (Å²) in [5.74, 6) is 0.860. The summed E-state index contributed by atoms with van der Waals surface area (Å²) < 4.78 is 37.6. The first kappa shape index (κ1) is 28.3. The van der Waals surface area contributed by atoms with E-state index >= 15 is 0 Å². The first-order chi connectivity index (χ1) is 19.9. The number of alkyl halides is 2. The molecular formula is C31H41F2N5O3. The van der Waals surface area contributed by atoms with Crippen molar-refractivity contribution in [2.45, 2.75) is 57.3 Å². The molecule has 1 amide bonds. The molecule has 2 aromatic heterocycles. The Morgan fingerprint density at radius 3 is 2.54 bits per heavy atom. The summed E-state index contributed by atoms with van der Waals surface area (Å²) in [6.45, 7) is 4.04. The van der Waals surface area contributed by atoms with E-state index in [1.807, 2.05) is 22.5 Å². The minimum atomic E-state index is -2.73. The molecule has 41 heavy (non-hydrogen) atoms. The number of likely N-dealkylation sites (tertiary alicyclic amines) is 1. The third-order valence-corrected chi connectivity index (χ3v) is 9.59. The number of amides is 1. The van der Waals surface area contributed by atoms with E-state index in [1.165, 1.54) is 5.57 Å². The van der Waals surface area contributed by atoms with Gasteiger partial charge in [0.25, 0.3) is 0 Å². The number of carbonyl (C=O) groups is 1. The Balaban J connectivity index is 1.10. The Morgan fingerprint density at radius 1 is 1.15 bits per heavy atom. The van der Waals surface area contributed by atoms with Gasteiger partial charge < -0.3 is 19.3 Å². The lowest BCUT2D eigenvalue weighted by molar-refractivity contribution is -0.146. The molecule has 0 N–H and O–H groups in total. The van der Waals surface area contributed by atoms with Gasteiger partial charge in [-0.2, -0.15) is 13.9 Å². The lowest BCUT2D eigenvalue weighted by Gasteiger charge is -2.46. The monoisotopic (exact) mass is 569 g/mol. The van der Waals surface area contributed by atoms with Crippen LogP contribution in [0.5, 0.6) is 0 Å². The standard InChI is InChI=1S/C31H41F2N5O3/c1-22(21-41-30(32)33)35-13-10-31(40-2,11-14-35)26-7-5-23(6-8-26)25-19-28-27(9-12-34-38(28)20-25)36-15-17-37(18-16-36)29(39)24-3-4-24/h5-7,9,12,19-20,22,24,26,30H,3-4,8,10-11,13-18,21H2,1-2H3/t22-,26?/m1/s1. The van der Waals surface area contributed by atoms with Crippen molar-refractivity contribution in [3.8, 4) is 0 Å². The number of methoxy groups -OCH3 is 1. The van der Waals surface area contributed by atoms with Crippen LogP contribution in [0.15, 0.2) is 42.8 Å². The molecule has 2 aliphatic heterocycles. The molecule has 0 bridgehead atoms. The third kappa shape index (κ3) is 5.92. The largest absolute Gasteiger partial charge is 0.378 e. The molecule has 8 nitrogen and oxygen atoms in total. The van der Waals surface area contributed by atoms with Gasteiger partial charge in [-0.05, 0) is 56.7 Å². The van der Waals surface area contributed by atoms with E-state index in [1.54, 1.807) is 7.11 Å². The van der Waals surface area contributed by atoms with Crippen molar-refractivity contribution in [1.29, 1.82) is 0 Å². The third-order valence-electron chi connectivity index (χ3n) is 9.59. The Kier molecular flexibility index (Phi) is 8.16. The Bertz CT molecular complexity index is 1290. The lowest BCUT2D eigenvalue weighted by atomic mass is 9.75. The van der Waals surface area contributed by atoms with E-state index in [2.05, 4.69) is 56.2 Å². The second kappa shape index (κ2) is 11.8. The topological polar surface area (TPSA) is 62.5 Å². The maximum atomic E-state index is 12.5. The van der Waals surface area contributed by atoms with Crippen LogP contribution >= 0.6 is 0 Å². The average molecular weight is 570 g/mol. The molecular weight excluding hydrogens is 528 g/mol.